The number of nitrogens with one attached hydrogen (secondary N) is 1. The Labute approximate surface area is 175 Å². The molecule has 0 saturated carbocycles. The molecule has 0 spiro atoms. The minimum atomic E-state index is -4.87. The molecule has 0 bridgehead atoms. The van der Waals surface area contributed by atoms with Crippen LogP contribution in [0.25, 0.3) is 10.9 Å². The molecule has 3 rings (SSSR count). The summed E-state index contributed by atoms with van der Waals surface area (Å²) in [5.41, 5.74) is -2.07. The molecule has 3 aromatic rings. The highest BCUT2D eigenvalue weighted by Crippen LogP contribution is 2.41. The molecule has 1 aromatic heterocycles. The number of alkyl halides is 3. The largest absolute Gasteiger partial charge is 0.422 e. The monoisotopic (exact) mass is 467 g/mol. The Morgan fingerprint density at radius 3 is 2.55 bits per heavy atom. The van der Waals surface area contributed by atoms with Crippen molar-refractivity contribution < 1.29 is 18.3 Å². The zero-order chi connectivity index (χ0) is 21.3. The van der Waals surface area contributed by atoms with E-state index in [0.717, 1.165) is 10.0 Å². The van der Waals surface area contributed by atoms with Crippen LogP contribution < -0.4 is 0 Å². The molecule has 0 fully saturated rings. The Morgan fingerprint density at radius 1 is 1.14 bits per heavy atom. The van der Waals surface area contributed by atoms with Gasteiger partial charge in [0.25, 0.3) is 0 Å². The van der Waals surface area contributed by atoms with Crippen LogP contribution in [0.3, 0.4) is 0 Å². The second-order valence-electron chi connectivity index (χ2n) is 7.90. The number of benzene rings is 2. The van der Waals surface area contributed by atoms with Crippen molar-refractivity contribution in [2.24, 2.45) is 10.4 Å². The molecule has 1 atom stereocenters. The lowest BCUT2D eigenvalue weighted by Crippen LogP contribution is -2.50. The van der Waals surface area contributed by atoms with Gasteiger partial charge in [-0.05, 0) is 42.0 Å². The lowest BCUT2D eigenvalue weighted by atomic mass is 9.76. The molecule has 0 radical (unpaired) electrons. The first-order chi connectivity index (χ1) is 13.5. The lowest BCUT2D eigenvalue weighted by molar-refractivity contribution is -0.237. The van der Waals surface area contributed by atoms with Crippen molar-refractivity contribution in [1.29, 1.82) is 0 Å². The van der Waals surface area contributed by atoms with E-state index in [0.29, 0.717) is 29.2 Å². The Kier molecular flexibility index (Phi) is 5.87. The zero-order valence-electron chi connectivity index (χ0n) is 16.0. The quantitative estimate of drug-likeness (QED) is 0.438. The summed E-state index contributed by atoms with van der Waals surface area (Å²) in [5.74, 6) is 0. The van der Waals surface area contributed by atoms with E-state index in [2.05, 4.69) is 31.1 Å². The van der Waals surface area contributed by atoms with Gasteiger partial charge in [0.05, 0.1) is 17.4 Å². The summed E-state index contributed by atoms with van der Waals surface area (Å²) in [7, 11) is 0. The lowest BCUT2D eigenvalue weighted by Gasteiger charge is -2.35. The number of halogens is 4. The summed E-state index contributed by atoms with van der Waals surface area (Å²) in [6, 6.07) is 12.4. The summed E-state index contributed by atoms with van der Waals surface area (Å²) in [6.45, 7) is 3.40. The SMILES string of the molecule is CC(C)(Cc1ccccc1Br)CC(O)(C=Nc1cccc2[nH]ncc12)C(F)(F)F. The van der Waals surface area contributed by atoms with Gasteiger partial charge in [-0.25, -0.2) is 0 Å². The van der Waals surface area contributed by atoms with Gasteiger partial charge in [-0.3, -0.25) is 10.1 Å². The highest BCUT2D eigenvalue weighted by molar-refractivity contribution is 9.10. The van der Waals surface area contributed by atoms with Crippen LogP contribution in [0.15, 0.2) is 58.1 Å². The van der Waals surface area contributed by atoms with Crippen molar-refractivity contribution in [1.82, 2.24) is 10.2 Å². The zero-order valence-corrected chi connectivity index (χ0v) is 17.5. The van der Waals surface area contributed by atoms with Crippen molar-refractivity contribution >= 4 is 38.7 Å². The summed E-state index contributed by atoms with van der Waals surface area (Å²) < 4.78 is 42.3. The molecular formula is C21H21BrF3N3O. The van der Waals surface area contributed by atoms with Crippen LogP contribution in [0.5, 0.6) is 0 Å². The van der Waals surface area contributed by atoms with Crippen LogP contribution in [-0.2, 0) is 6.42 Å². The number of aromatic nitrogens is 2. The molecule has 1 heterocycles. The number of rotatable bonds is 6. The van der Waals surface area contributed by atoms with E-state index in [1.165, 1.54) is 6.20 Å². The minimum Gasteiger partial charge on any atom is -0.376 e. The molecular weight excluding hydrogens is 447 g/mol. The third kappa shape index (κ3) is 4.87. The molecule has 2 aromatic carbocycles. The number of hydrogen-bond donors (Lipinski definition) is 2. The van der Waals surface area contributed by atoms with E-state index < -0.39 is 23.6 Å². The highest BCUT2D eigenvalue weighted by Gasteiger charge is 2.55. The predicted octanol–water partition coefficient (Wildman–Crippen LogP) is 5.98. The van der Waals surface area contributed by atoms with Crippen LogP contribution in [0.4, 0.5) is 18.9 Å². The molecule has 154 valence electrons. The van der Waals surface area contributed by atoms with Crippen molar-refractivity contribution in [3.8, 4) is 0 Å². The first-order valence-corrected chi connectivity index (χ1v) is 9.80. The molecule has 4 nitrogen and oxygen atoms in total. The smallest absolute Gasteiger partial charge is 0.376 e. The number of aliphatic hydroxyl groups is 1. The second-order valence-corrected chi connectivity index (χ2v) is 8.75. The van der Waals surface area contributed by atoms with Crippen LogP contribution in [0, 0.1) is 5.41 Å². The molecule has 0 aliphatic carbocycles. The summed E-state index contributed by atoms with van der Waals surface area (Å²) in [4.78, 5) is 3.99. The van der Waals surface area contributed by atoms with E-state index in [1.54, 1.807) is 32.0 Å². The van der Waals surface area contributed by atoms with Crippen LogP contribution >= 0.6 is 15.9 Å². The molecule has 0 amide bonds. The van der Waals surface area contributed by atoms with Gasteiger partial charge in [-0.2, -0.15) is 18.3 Å². The molecule has 0 saturated heterocycles. The normalized spacial score (nSPS) is 15.1. The van der Waals surface area contributed by atoms with Crippen LogP contribution in [0.1, 0.15) is 25.8 Å². The average Bonchev–Trinajstić information content (AvgIpc) is 3.10. The first kappa shape index (κ1) is 21.5. The Balaban J connectivity index is 1.90. The number of nitrogens with zero attached hydrogens (tertiary/aromatic N) is 2. The molecule has 2 N–H and O–H groups in total. The van der Waals surface area contributed by atoms with Crippen molar-refractivity contribution in [3.05, 3.63) is 58.7 Å². The number of hydrogen-bond acceptors (Lipinski definition) is 3. The maximum absolute atomic E-state index is 13.8. The molecule has 0 aliphatic rings. The molecule has 29 heavy (non-hydrogen) atoms. The van der Waals surface area contributed by atoms with E-state index in [-0.39, 0.29) is 0 Å². The van der Waals surface area contributed by atoms with Crippen molar-refractivity contribution in [2.45, 2.75) is 38.5 Å². The maximum atomic E-state index is 13.8. The first-order valence-electron chi connectivity index (χ1n) is 9.01. The maximum Gasteiger partial charge on any atom is 0.422 e. The van der Waals surface area contributed by atoms with E-state index in [4.69, 9.17) is 0 Å². The highest BCUT2D eigenvalue weighted by atomic mass is 79.9. The summed E-state index contributed by atoms with van der Waals surface area (Å²) in [5, 5.41) is 17.8. The fourth-order valence-corrected chi connectivity index (χ4v) is 3.83. The fraction of sp³-hybridized carbons (Fsp3) is 0.333. The number of H-pyrrole nitrogens is 1. The topological polar surface area (TPSA) is 61.3 Å². The number of aliphatic imine (C=N–C) groups is 1. The van der Waals surface area contributed by atoms with E-state index >= 15 is 0 Å². The summed E-state index contributed by atoms with van der Waals surface area (Å²) >= 11 is 3.43. The van der Waals surface area contributed by atoms with Crippen LogP contribution in [-0.4, -0.2) is 33.3 Å². The minimum absolute atomic E-state index is 0.308. The third-order valence-electron chi connectivity index (χ3n) is 4.74. The predicted molar refractivity (Wildman–Crippen MR) is 111 cm³/mol. The third-order valence-corrected chi connectivity index (χ3v) is 5.52. The van der Waals surface area contributed by atoms with Gasteiger partial charge in [-0.1, -0.05) is 54.0 Å². The van der Waals surface area contributed by atoms with Gasteiger partial charge in [0.2, 0.25) is 0 Å². The number of fused-ring (bicyclic) bond motifs is 1. The van der Waals surface area contributed by atoms with Crippen molar-refractivity contribution in [3.63, 3.8) is 0 Å². The van der Waals surface area contributed by atoms with Gasteiger partial charge < -0.3 is 5.11 Å². The molecule has 0 aliphatic heterocycles. The van der Waals surface area contributed by atoms with Gasteiger partial charge in [0, 0.05) is 16.1 Å². The molecule has 8 heteroatoms. The summed E-state index contributed by atoms with van der Waals surface area (Å²) in [6.07, 6.45) is -2.94. The Bertz CT molecular complexity index is 1030. The van der Waals surface area contributed by atoms with Gasteiger partial charge in [0.15, 0.2) is 5.60 Å². The Morgan fingerprint density at radius 2 is 1.86 bits per heavy atom. The number of aromatic amines is 1. The fourth-order valence-electron chi connectivity index (χ4n) is 3.41. The second kappa shape index (κ2) is 7.91. The van der Waals surface area contributed by atoms with Crippen LogP contribution in [0.2, 0.25) is 0 Å². The molecule has 1 unspecified atom stereocenters. The van der Waals surface area contributed by atoms with E-state index in [1.807, 2.05) is 24.3 Å². The van der Waals surface area contributed by atoms with Crippen molar-refractivity contribution in [2.75, 3.05) is 0 Å². The van der Waals surface area contributed by atoms with Gasteiger partial charge in [0.1, 0.15) is 0 Å². The van der Waals surface area contributed by atoms with Gasteiger partial charge >= 0.3 is 6.18 Å². The van der Waals surface area contributed by atoms with E-state index in [9.17, 15) is 18.3 Å². The average molecular weight is 468 g/mol. The standard InChI is InChI=1S/C21H21BrF3N3O/c1-19(2,10-14-6-3-4-7-16(14)22)12-20(29,21(23,24)25)13-26-17-8-5-9-18-15(17)11-27-28-18/h3-9,11,13,29H,10,12H2,1-2H3,(H,27,28). The Hall–Kier alpha value is -2.19. The van der Waals surface area contributed by atoms with Gasteiger partial charge in [-0.15, -0.1) is 0 Å².